The van der Waals surface area contributed by atoms with Crippen molar-refractivity contribution in [1.82, 2.24) is 19.7 Å². The molecule has 0 bridgehead atoms. The van der Waals surface area contributed by atoms with Crippen LogP contribution in [0.25, 0.3) is 15.3 Å². The Labute approximate surface area is 200 Å². The number of anilines is 1. The zero-order valence-electron chi connectivity index (χ0n) is 17.7. The van der Waals surface area contributed by atoms with Crippen LogP contribution >= 0.6 is 34.5 Å². The lowest BCUT2D eigenvalue weighted by Crippen LogP contribution is -2.49. The minimum absolute atomic E-state index is 0.0195. The van der Waals surface area contributed by atoms with Crippen LogP contribution in [0.2, 0.25) is 10.0 Å². The first-order chi connectivity index (χ1) is 15.4. The Hall–Kier alpha value is -2.61. The normalized spacial score (nSPS) is 14.4. The van der Waals surface area contributed by atoms with Gasteiger partial charge in [0.05, 0.1) is 21.1 Å². The molecule has 0 atom stereocenters. The number of hydrogen-bond donors (Lipinski definition) is 0. The molecule has 0 aliphatic carbocycles. The smallest absolute Gasteiger partial charge is 0.253 e. The van der Waals surface area contributed by atoms with Crippen molar-refractivity contribution in [3.63, 3.8) is 0 Å². The third-order valence-corrected chi connectivity index (χ3v) is 7.19. The summed E-state index contributed by atoms with van der Waals surface area (Å²) < 4.78 is 2.94. The molecule has 2 aromatic heterocycles. The van der Waals surface area contributed by atoms with E-state index in [4.69, 9.17) is 28.2 Å². The number of rotatable bonds is 3. The minimum atomic E-state index is 0.0195. The number of halogens is 2. The maximum atomic E-state index is 12.8. The van der Waals surface area contributed by atoms with Crippen molar-refractivity contribution >= 4 is 56.3 Å². The number of piperazine rings is 1. The highest BCUT2D eigenvalue weighted by Crippen LogP contribution is 2.38. The van der Waals surface area contributed by atoms with Crippen molar-refractivity contribution in [3.8, 4) is 5.13 Å². The van der Waals surface area contributed by atoms with E-state index in [1.807, 2.05) is 41.6 Å². The third-order valence-electron chi connectivity index (χ3n) is 5.64. The van der Waals surface area contributed by atoms with Crippen LogP contribution in [0, 0.1) is 13.8 Å². The molecule has 164 valence electrons. The van der Waals surface area contributed by atoms with E-state index >= 15 is 0 Å². The number of benzene rings is 2. The molecule has 4 aromatic rings. The van der Waals surface area contributed by atoms with Crippen LogP contribution in [0.5, 0.6) is 0 Å². The highest BCUT2D eigenvalue weighted by Gasteiger charge is 2.26. The number of hydrogen-bond acceptors (Lipinski definition) is 5. The van der Waals surface area contributed by atoms with E-state index < -0.39 is 0 Å². The summed E-state index contributed by atoms with van der Waals surface area (Å²) in [4.78, 5) is 21.8. The molecule has 0 saturated carbocycles. The second-order valence-corrected chi connectivity index (χ2v) is 9.72. The number of aromatic nitrogens is 3. The van der Waals surface area contributed by atoms with Crippen LogP contribution in [0.1, 0.15) is 21.7 Å². The molecule has 9 heteroatoms. The lowest BCUT2D eigenvalue weighted by atomic mass is 10.1. The molecule has 0 radical (unpaired) electrons. The third kappa shape index (κ3) is 3.85. The highest BCUT2D eigenvalue weighted by molar-refractivity contribution is 7.20. The van der Waals surface area contributed by atoms with Gasteiger partial charge in [-0.2, -0.15) is 5.10 Å². The first kappa shape index (κ1) is 21.2. The van der Waals surface area contributed by atoms with Crippen molar-refractivity contribution in [2.24, 2.45) is 0 Å². The molecule has 0 N–H and O–H groups in total. The fraction of sp³-hybridized carbons (Fsp3) is 0.261. The van der Waals surface area contributed by atoms with Crippen LogP contribution in [0.3, 0.4) is 0 Å². The molecule has 2 aromatic carbocycles. The fourth-order valence-electron chi connectivity index (χ4n) is 4.07. The summed E-state index contributed by atoms with van der Waals surface area (Å²) in [7, 11) is 0. The topological polar surface area (TPSA) is 54.3 Å². The maximum Gasteiger partial charge on any atom is 0.253 e. The van der Waals surface area contributed by atoms with Gasteiger partial charge in [0.1, 0.15) is 5.52 Å². The molecule has 6 nitrogen and oxygen atoms in total. The van der Waals surface area contributed by atoms with Gasteiger partial charge in [-0.1, -0.05) is 34.5 Å². The first-order valence-electron chi connectivity index (χ1n) is 10.3. The molecule has 1 amide bonds. The lowest BCUT2D eigenvalue weighted by Gasteiger charge is -2.36. The van der Waals surface area contributed by atoms with E-state index in [0.29, 0.717) is 41.8 Å². The van der Waals surface area contributed by atoms with Gasteiger partial charge in [-0.25, -0.2) is 9.67 Å². The molecule has 32 heavy (non-hydrogen) atoms. The number of carbonyl (C=O) groups excluding carboxylic acids is 1. The zero-order chi connectivity index (χ0) is 22.4. The summed E-state index contributed by atoms with van der Waals surface area (Å²) >= 11 is 14.2. The Bertz CT molecular complexity index is 1310. The van der Waals surface area contributed by atoms with Gasteiger partial charge >= 0.3 is 0 Å². The van der Waals surface area contributed by atoms with Gasteiger partial charge in [-0.3, -0.25) is 4.79 Å². The van der Waals surface area contributed by atoms with Gasteiger partial charge in [0.15, 0.2) is 0 Å². The Morgan fingerprint density at radius 2 is 1.72 bits per heavy atom. The summed E-state index contributed by atoms with van der Waals surface area (Å²) in [6.45, 7) is 6.60. The Morgan fingerprint density at radius 3 is 2.38 bits per heavy atom. The van der Waals surface area contributed by atoms with E-state index in [0.717, 1.165) is 32.4 Å². The Morgan fingerprint density at radius 1 is 1.00 bits per heavy atom. The second kappa shape index (κ2) is 8.39. The van der Waals surface area contributed by atoms with E-state index in [2.05, 4.69) is 10.00 Å². The van der Waals surface area contributed by atoms with Crippen molar-refractivity contribution < 1.29 is 4.79 Å². The molecular weight excluding hydrogens is 465 g/mol. The predicted octanol–water partition coefficient (Wildman–Crippen LogP) is 5.37. The lowest BCUT2D eigenvalue weighted by molar-refractivity contribution is 0.0747. The SMILES string of the molecule is Cc1cc(C)n(-c2nc3c(N4CCN(C(=O)c5ccc(Cl)cc5)CC4)c(Cl)ccc3s2)n1. The minimum Gasteiger partial charge on any atom is -0.365 e. The summed E-state index contributed by atoms with van der Waals surface area (Å²) in [5, 5.41) is 6.68. The number of thiazole rings is 1. The van der Waals surface area contributed by atoms with E-state index in [9.17, 15) is 4.79 Å². The molecule has 1 saturated heterocycles. The van der Waals surface area contributed by atoms with Crippen LogP contribution in [0.15, 0.2) is 42.5 Å². The number of aryl methyl sites for hydroxylation is 2. The summed E-state index contributed by atoms with van der Waals surface area (Å²) in [5.74, 6) is 0.0195. The number of nitrogens with zero attached hydrogens (tertiary/aromatic N) is 5. The maximum absolute atomic E-state index is 12.8. The first-order valence-corrected chi connectivity index (χ1v) is 11.9. The van der Waals surface area contributed by atoms with Gasteiger partial charge in [-0.15, -0.1) is 0 Å². The summed E-state index contributed by atoms with van der Waals surface area (Å²) in [6.07, 6.45) is 0. The van der Waals surface area contributed by atoms with Crippen molar-refractivity contribution in [2.75, 3.05) is 31.1 Å². The van der Waals surface area contributed by atoms with Crippen molar-refractivity contribution in [1.29, 1.82) is 0 Å². The van der Waals surface area contributed by atoms with Crippen LogP contribution in [-0.4, -0.2) is 51.8 Å². The average molecular weight is 486 g/mol. The van der Waals surface area contributed by atoms with Crippen molar-refractivity contribution in [2.45, 2.75) is 13.8 Å². The standard InChI is InChI=1S/C23H21Cl2N5OS/c1-14-13-15(2)30(27-14)23-26-20-19(32-23)8-7-18(25)21(20)28-9-11-29(12-10-28)22(31)16-3-5-17(24)6-4-16/h3-8,13H,9-12H2,1-2H3. The molecular formula is C23H21Cl2N5OS. The average Bonchev–Trinajstić information content (AvgIpc) is 3.36. The van der Waals surface area contributed by atoms with Crippen LogP contribution in [0.4, 0.5) is 5.69 Å². The summed E-state index contributed by atoms with van der Waals surface area (Å²) in [6, 6.07) is 13.0. The Balaban J connectivity index is 1.40. The van der Waals surface area contributed by atoms with Gasteiger partial charge in [-0.05, 0) is 56.3 Å². The number of fused-ring (bicyclic) bond motifs is 1. The Kier molecular flexibility index (Phi) is 5.57. The van der Waals surface area contributed by atoms with E-state index in [-0.39, 0.29) is 5.91 Å². The molecule has 1 aliphatic heterocycles. The van der Waals surface area contributed by atoms with Crippen LogP contribution in [-0.2, 0) is 0 Å². The molecule has 3 heterocycles. The van der Waals surface area contributed by atoms with Gasteiger partial charge in [0.25, 0.3) is 5.91 Å². The quantitative estimate of drug-likeness (QED) is 0.391. The second-order valence-electron chi connectivity index (χ2n) is 7.86. The van der Waals surface area contributed by atoms with E-state index in [1.54, 1.807) is 35.6 Å². The predicted molar refractivity (Wildman–Crippen MR) is 131 cm³/mol. The zero-order valence-corrected chi connectivity index (χ0v) is 20.0. The molecule has 1 aliphatic rings. The largest absolute Gasteiger partial charge is 0.365 e. The van der Waals surface area contributed by atoms with E-state index in [1.165, 1.54) is 0 Å². The highest BCUT2D eigenvalue weighted by atomic mass is 35.5. The fourth-order valence-corrected chi connectivity index (χ4v) is 5.44. The molecule has 0 spiro atoms. The van der Waals surface area contributed by atoms with Gasteiger partial charge in [0, 0.05) is 42.5 Å². The molecule has 1 fully saturated rings. The number of carbonyl (C=O) groups is 1. The molecule has 0 unspecified atom stereocenters. The van der Waals surface area contributed by atoms with Crippen LogP contribution < -0.4 is 4.90 Å². The van der Waals surface area contributed by atoms with Gasteiger partial charge in [0.2, 0.25) is 5.13 Å². The van der Waals surface area contributed by atoms with Crippen molar-refractivity contribution in [3.05, 3.63) is 69.5 Å². The molecule has 5 rings (SSSR count). The number of amides is 1. The monoisotopic (exact) mass is 485 g/mol. The summed E-state index contributed by atoms with van der Waals surface area (Å²) in [5.41, 5.74) is 4.45. The van der Waals surface area contributed by atoms with Gasteiger partial charge < -0.3 is 9.80 Å².